The predicted octanol–water partition coefficient (Wildman–Crippen LogP) is 4.50. The van der Waals surface area contributed by atoms with E-state index in [2.05, 4.69) is 15.5 Å². The minimum absolute atomic E-state index is 0.00190. The van der Waals surface area contributed by atoms with Gasteiger partial charge < -0.3 is 14.7 Å². The largest absolute Gasteiger partial charge is 0.339 e. The summed E-state index contributed by atoms with van der Waals surface area (Å²) >= 11 is 0. The number of hydrogen-bond acceptors (Lipinski definition) is 5. The fourth-order valence-electron chi connectivity index (χ4n) is 3.72. The quantitative estimate of drug-likeness (QED) is 0.582. The van der Waals surface area contributed by atoms with E-state index < -0.39 is 0 Å². The van der Waals surface area contributed by atoms with Crippen molar-refractivity contribution in [1.82, 2.24) is 15.0 Å². The van der Waals surface area contributed by atoms with Crippen LogP contribution < -0.4 is 5.32 Å². The summed E-state index contributed by atoms with van der Waals surface area (Å²) in [6, 6.07) is 17.1. The van der Waals surface area contributed by atoms with Crippen LogP contribution in [0.25, 0.3) is 17.5 Å². The summed E-state index contributed by atoms with van der Waals surface area (Å²) in [6.45, 7) is 3.07. The average molecular weight is 431 g/mol. The van der Waals surface area contributed by atoms with Crippen LogP contribution in [0.5, 0.6) is 0 Å². The first kappa shape index (κ1) is 21.5. The monoisotopic (exact) mass is 430 g/mol. The fraction of sp³-hybridized carbons (Fsp3) is 0.280. The predicted molar refractivity (Wildman–Crippen MR) is 123 cm³/mol. The third-order valence-electron chi connectivity index (χ3n) is 5.47. The minimum Gasteiger partial charge on any atom is -0.339 e. The second-order valence-corrected chi connectivity index (χ2v) is 7.81. The van der Waals surface area contributed by atoms with E-state index in [1.807, 2.05) is 65.6 Å². The molecule has 2 heterocycles. The number of piperidine rings is 1. The Bertz CT molecular complexity index is 1110. The van der Waals surface area contributed by atoms with Crippen LogP contribution in [0.4, 0.5) is 5.69 Å². The standard InChI is InChI=1S/C25H26N4O3/c1-2-22(30)26-21-12-6-10-19(16-21)24-27-25(32-28-24)20-11-7-15-29(17-20)23(31)14-13-18-8-4-3-5-9-18/h3-6,8-10,12-14,16,20H,2,7,11,15,17H2,1H3,(H,26,30)/b14-13+/t20-/m0/s1. The highest BCUT2D eigenvalue weighted by molar-refractivity contribution is 5.92. The highest BCUT2D eigenvalue weighted by atomic mass is 16.5. The summed E-state index contributed by atoms with van der Waals surface area (Å²) in [7, 11) is 0. The number of rotatable bonds is 6. The van der Waals surface area contributed by atoms with Crippen molar-refractivity contribution in [3.8, 4) is 11.4 Å². The lowest BCUT2D eigenvalue weighted by molar-refractivity contribution is -0.127. The van der Waals surface area contributed by atoms with E-state index in [0.717, 1.165) is 24.0 Å². The molecule has 2 aromatic carbocycles. The maximum atomic E-state index is 12.7. The fourth-order valence-corrected chi connectivity index (χ4v) is 3.72. The Labute approximate surface area is 187 Å². The van der Waals surface area contributed by atoms with E-state index in [4.69, 9.17) is 4.52 Å². The number of benzene rings is 2. The Morgan fingerprint density at radius 1 is 1.19 bits per heavy atom. The second kappa shape index (κ2) is 10.0. The number of anilines is 1. The lowest BCUT2D eigenvalue weighted by Crippen LogP contribution is -2.38. The Balaban J connectivity index is 1.43. The van der Waals surface area contributed by atoms with Gasteiger partial charge in [-0.25, -0.2) is 0 Å². The van der Waals surface area contributed by atoms with E-state index in [1.165, 1.54) is 0 Å². The molecule has 0 aliphatic carbocycles. The highest BCUT2D eigenvalue weighted by Crippen LogP contribution is 2.28. The molecule has 1 aromatic heterocycles. The zero-order valence-electron chi connectivity index (χ0n) is 18.0. The Hall–Kier alpha value is -3.74. The van der Waals surface area contributed by atoms with E-state index in [-0.39, 0.29) is 17.7 Å². The van der Waals surface area contributed by atoms with E-state index >= 15 is 0 Å². The first-order valence-electron chi connectivity index (χ1n) is 10.9. The van der Waals surface area contributed by atoms with Gasteiger partial charge in [0.05, 0.1) is 5.92 Å². The van der Waals surface area contributed by atoms with Gasteiger partial charge in [-0.05, 0) is 36.6 Å². The molecule has 1 N–H and O–H groups in total. The summed E-state index contributed by atoms with van der Waals surface area (Å²) in [5, 5.41) is 6.97. The van der Waals surface area contributed by atoms with Crippen LogP contribution in [-0.4, -0.2) is 39.9 Å². The molecule has 1 aliphatic heterocycles. The molecule has 7 nitrogen and oxygen atoms in total. The molecule has 1 aliphatic rings. The van der Waals surface area contributed by atoms with Gasteiger partial charge in [0, 0.05) is 36.8 Å². The van der Waals surface area contributed by atoms with Gasteiger partial charge in [-0.3, -0.25) is 9.59 Å². The van der Waals surface area contributed by atoms with E-state index in [1.54, 1.807) is 13.0 Å². The molecular weight excluding hydrogens is 404 g/mol. The van der Waals surface area contributed by atoms with Crippen molar-refractivity contribution in [3.05, 3.63) is 72.1 Å². The third kappa shape index (κ3) is 5.29. The van der Waals surface area contributed by atoms with Crippen molar-refractivity contribution < 1.29 is 14.1 Å². The van der Waals surface area contributed by atoms with Gasteiger partial charge in [-0.15, -0.1) is 0 Å². The van der Waals surface area contributed by atoms with Gasteiger partial charge in [-0.2, -0.15) is 4.98 Å². The van der Waals surface area contributed by atoms with Crippen LogP contribution in [0.2, 0.25) is 0 Å². The molecular formula is C25H26N4O3. The zero-order valence-corrected chi connectivity index (χ0v) is 18.0. The topological polar surface area (TPSA) is 88.3 Å². The van der Waals surface area contributed by atoms with Crippen molar-refractivity contribution in [2.75, 3.05) is 18.4 Å². The molecule has 4 rings (SSSR count). The Kier molecular flexibility index (Phi) is 6.75. The summed E-state index contributed by atoms with van der Waals surface area (Å²) in [5.74, 6) is 0.941. The number of likely N-dealkylation sites (tertiary alicyclic amines) is 1. The molecule has 1 saturated heterocycles. The normalized spacial score (nSPS) is 16.3. The number of carbonyl (C=O) groups excluding carboxylic acids is 2. The summed E-state index contributed by atoms with van der Waals surface area (Å²) in [5.41, 5.74) is 2.46. The first-order valence-corrected chi connectivity index (χ1v) is 10.9. The molecule has 3 aromatic rings. The zero-order chi connectivity index (χ0) is 22.3. The van der Waals surface area contributed by atoms with Crippen molar-refractivity contribution in [2.24, 2.45) is 0 Å². The van der Waals surface area contributed by atoms with Crippen LogP contribution in [0.3, 0.4) is 0 Å². The molecule has 0 radical (unpaired) electrons. The summed E-state index contributed by atoms with van der Waals surface area (Å²) in [6.07, 6.45) is 5.63. The van der Waals surface area contributed by atoms with Gasteiger partial charge >= 0.3 is 0 Å². The molecule has 0 saturated carbocycles. The van der Waals surface area contributed by atoms with Gasteiger partial charge in [0.1, 0.15) is 0 Å². The molecule has 1 atom stereocenters. The second-order valence-electron chi connectivity index (χ2n) is 7.81. The molecule has 32 heavy (non-hydrogen) atoms. The van der Waals surface area contributed by atoms with Crippen LogP contribution in [0.1, 0.15) is 43.6 Å². The van der Waals surface area contributed by atoms with Crippen LogP contribution in [0.15, 0.2) is 65.2 Å². The highest BCUT2D eigenvalue weighted by Gasteiger charge is 2.28. The van der Waals surface area contributed by atoms with Gasteiger partial charge in [0.25, 0.3) is 0 Å². The molecule has 164 valence electrons. The van der Waals surface area contributed by atoms with Crippen molar-refractivity contribution in [2.45, 2.75) is 32.1 Å². The van der Waals surface area contributed by atoms with Gasteiger partial charge in [-0.1, -0.05) is 54.5 Å². The summed E-state index contributed by atoms with van der Waals surface area (Å²) in [4.78, 5) is 30.7. The number of hydrogen-bond donors (Lipinski definition) is 1. The number of nitrogens with zero attached hydrogens (tertiary/aromatic N) is 3. The lowest BCUT2D eigenvalue weighted by atomic mass is 9.98. The van der Waals surface area contributed by atoms with Gasteiger partial charge in [0.15, 0.2) is 0 Å². The molecule has 7 heteroatoms. The Morgan fingerprint density at radius 2 is 2.03 bits per heavy atom. The third-order valence-corrected chi connectivity index (χ3v) is 5.47. The number of carbonyl (C=O) groups is 2. The minimum atomic E-state index is -0.0516. The number of amides is 2. The van der Waals surface area contributed by atoms with Gasteiger partial charge in [0.2, 0.25) is 23.5 Å². The maximum Gasteiger partial charge on any atom is 0.246 e. The van der Waals surface area contributed by atoms with Crippen molar-refractivity contribution >= 4 is 23.6 Å². The SMILES string of the molecule is CCC(=O)Nc1cccc(-c2noc([C@H]3CCCN(C(=O)/C=C/c4ccccc4)C3)n2)c1. The smallest absolute Gasteiger partial charge is 0.246 e. The van der Waals surface area contributed by atoms with E-state index in [0.29, 0.717) is 36.9 Å². The van der Waals surface area contributed by atoms with Crippen LogP contribution >= 0.6 is 0 Å². The molecule has 2 amide bonds. The molecule has 0 bridgehead atoms. The average Bonchev–Trinajstić information content (AvgIpc) is 3.34. The summed E-state index contributed by atoms with van der Waals surface area (Å²) < 4.78 is 5.55. The van der Waals surface area contributed by atoms with Crippen molar-refractivity contribution in [3.63, 3.8) is 0 Å². The number of aromatic nitrogens is 2. The number of nitrogens with one attached hydrogen (secondary N) is 1. The van der Waals surface area contributed by atoms with E-state index in [9.17, 15) is 9.59 Å². The van der Waals surface area contributed by atoms with Crippen LogP contribution in [0, 0.1) is 0 Å². The maximum absolute atomic E-state index is 12.7. The lowest BCUT2D eigenvalue weighted by Gasteiger charge is -2.30. The molecule has 0 spiro atoms. The molecule has 1 fully saturated rings. The first-order chi connectivity index (χ1) is 15.6. The van der Waals surface area contributed by atoms with Crippen LogP contribution in [-0.2, 0) is 9.59 Å². The van der Waals surface area contributed by atoms with Crippen molar-refractivity contribution in [1.29, 1.82) is 0 Å². The Morgan fingerprint density at radius 3 is 2.84 bits per heavy atom. The molecule has 0 unspecified atom stereocenters.